The number of rotatable bonds is 4. The molecule has 1 aromatic heterocycles. The van der Waals surface area contributed by atoms with Crippen molar-refractivity contribution in [3.05, 3.63) is 75.5 Å². The van der Waals surface area contributed by atoms with Crippen LogP contribution in [0.1, 0.15) is 22.5 Å². The van der Waals surface area contributed by atoms with Crippen LogP contribution in [0.15, 0.2) is 47.3 Å². The van der Waals surface area contributed by atoms with Crippen molar-refractivity contribution in [3.8, 4) is 23.0 Å². The molecule has 4 N–H and O–H groups in total. The van der Waals surface area contributed by atoms with Gasteiger partial charge in [-0.25, -0.2) is 0 Å². The molecule has 0 fully saturated rings. The average molecular weight is 429 g/mol. The van der Waals surface area contributed by atoms with Crippen LogP contribution >= 0.6 is 0 Å². The Bertz CT molecular complexity index is 1110. The number of phenols is 4. The highest BCUT2D eigenvalue weighted by molar-refractivity contribution is 5.74. The lowest BCUT2D eigenvalue weighted by atomic mass is 10.1. The second-order valence-electron chi connectivity index (χ2n) is 6.55. The van der Waals surface area contributed by atoms with Crippen molar-refractivity contribution in [2.24, 2.45) is 14.1 Å². The minimum absolute atomic E-state index is 0. The topological polar surface area (TPSA) is 107 Å². The van der Waals surface area contributed by atoms with Gasteiger partial charge >= 0.3 is 5.69 Å². The van der Waals surface area contributed by atoms with Gasteiger partial charge in [0.2, 0.25) is 0 Å². The van der Waals surface area contributed by atoms with Gasteiger partial charge in [-0.15, -0.1) is 0 Å². The second-order valence-corrected chi connectivity index (χ2v) is 6.55. The molecule has 156 valence electrons. The number of aromatic hydroxyl groups is 4. The van der Waals surface area contributed by atoms with E-state index >= 15 is 0 Å². The molecule has 0 spiro atoms. The molecule has 0 saturated carbocycles. The smallest absolute Gasteiger partial charge is 0.498 e. The van der Waals surface area contributed by atoms with Crippen LogP contribution in [-0.4, -0.2) is 25.0 Å². The highest BCUT2D eigenvalue weighted by atomic mass is 35.5. The molecule has 3 rings (SSSR count). The zero-order valence-corrected chi connectivity index (χ0v) is 17.1. The van der Waals surface area contributed by atoms with Gasteiger partial charge in [0, 0.05) is 29.3 Å². The Balaban J connectivity index is 0.00000320. The molecule has 0 amide bonds. The molecule has 0 bridgehead atoms. The van der Waals surface area contributed by atoms with Gasteiger partial charge in [0.15, 0.2) is 0 Å². The monoisotopic (exact) mass is 428 g/mol. The molecular formula is C22H21ClN2O5. The predicted octanol–water partition coefficient (Wildman–Crippen LogP) is -0.623. The van der Waals surface area contributed by atoms with E-state index in [1.54, 1.807) is 56.6 Å². The van der Waals surface area contributed by atoms with Gasteiger partial charge in [-0.3, -0.25) is 0 Å². The summed E-state index contributed by atoms with van der Waals surface area (Å²) in [4.78, 5) is 12.5. The zero-order valence-electron chi connectivity index (χ0n) is 16.3. The Hall–Kier alpha value is -3.71. The van der Waals surface area contributed by atoms with E-state index in [1.165, 1.54) is 33.4 Å². The lowest BCUT2D eigenvalue weighted by Gasteiger charge is -2.04. The minimum Gasteiger partial charge on any atom is -1.00 e. The van der Waals surface area contributed by atoms with Crippen molar-refractivity contribution >= 4 is 24.3 Å². The van der Waals surface area contributed by atoms with Gasteiger partial charge in [-0.1, -0.05) is 0 Å². The van der Waals surface area contributed by atoms with E-state index in [4.69, 9.17) is 0 Å². The Morgan fingerprint density at radius 1 is 0.800 bits per heavy atom. The molecule has 0 aliphatic rings. The van der Waals surface area contributed by atoms with Gasteiger partial charge in [0.25, 0.3) is 0 Å². The summed E-state index contributed by atoms with van der Waals surface area (Å²) in [5, 5.41) is 38.6. The number of hydrogen-bond acceptors (Lipinski definition) is 5. The normalized spacial score (nSPS) is 11.1. The highest BCUT2D eigenvalue weighted by Crippen LogP contribution is 2.25. The standard InChI is InChI=1S/C22H20N2O5.ClH/c1-23-16(7-3-14-5-9-18(25)12-20(14)27)11-17(24(2)22(23)29)8-4-15-6-10-19(26)13-21(15)28;/h3-13H,1-2H3,(H3,25,26,27,28);1H. The van der Waals surface area contributed by atoms with E-state index in [-0.39, 0.29) is 41.1 Å². The van der Waals surface area contributed by atoms with Crippen molar-refractivity contribution in [1.29, 1.82) is 0 Å². The lowest BCUT2D eigenvalue weighted by molar-refractivity contribution is -0.692. The van der Waals surface area contributed by atoms with Gasteiger partial charge in [0.1, 0.15) is 34.4 Å². The van der Waals surface area contributed by atoms with Crippen LogP contribution in [0, 0.1) is 0 Å². The van der Waals surface area contributed by atoms with E-state index in [2.05, 4.69) is 0 Å². The largest absolute Gasteiger partial charge is 1.00 e. The third-order valence-electron chi connectivity index (χ3n) is 4.54. The van der Waals surface area contributed by atoms with E-state index < -0.39 is 0 Å². The molecule has 0 atom stereocenters. The summed E-state index contributed by atoms with van der Waals surface area (Å²) in [6.45, 7) is 0. The van der Waals surface area contributed by atoms with Crippen molar-refractivity contribution in [3.63, 3.8) is 0 Å². The molecule has 2 aromatic carbocycles. The molecule has 0 unspecified atom stereocenters. The average Bonchev–Trinajstić information content (AvgIpc) is 2.67. The van der Waals surface area contributed by atoms with E-state index in [1.807, 2.05) is 0 Å². The Kier molecular flexibility index (Phi) is 6.92. The van der Waals surface area contributed by atoms with Gasteiger partial charge in [-0.2, -0.15) is 13.9 Å². The maximum absolute atomic E-state index is 12.5. The number of aromatic nitrogens is 2. The summed E-state index contributed by atoms with van der Waals surface area (Å²) in [6, 6.07) is 10.3. The molecule has 30 heavy (non-hydrogen) atoms. The van der Waals surface area contributed by atoms with Crippen LogP contribution in [-0.2, 0) is 14.1 Å². The first-order valence-electron chi connectivity index (χ1n) is 8.76. The number of halogens is 1. The third-order valence-corrected chi connectivity index (χ3v) is 4.54. The molecule has 0 aliphatic carbocycles. The quantitative estimate of drug-likeness (QED) is 0.414. The fraction of sp³-hybridized carbons (Fsp3) is 0.0909. The number of nitrogens with zero attached hydrogens (tertiary/aromatic N) is 2. The first-order chi connectivity index (χ1) is 13.8. The van der Waals surface area contributed by atoms with Crippen LogP contribution in [0.3, 0.4) is 0 Å². The molecule has 8 heteroatoms. The Morgan fingerprint density at radius 2 is 1.30 bits per heavy atom. The molecule has 7 nitrogen and oxygen atoms in total. The van der Waals surface area contributed by atoms with E-state index in [0.29, 0.717) is 22.5 Å². The maximum Gasteiger partial charge on any atom is 0.498 e. The number of hydrogen-bond donors (Lipinski definition) is 4. The summed E-state index contributed by atoms with van der Waals surface area (Å²) in [6.07, 6.45) is 6.65. The summed E-state index contributed by atoms with van der Waals surface area (Å²) >= 11 is 0. The van der Waals surface area contributed by atoms with Crippen LogP contribution in [0.25, 0.3) is 24.3 Å². The SMILES string of the molecule is Cn1c(C=Cc2ccc(O)cc2O)cc(C=Cc2ccc(O)cc2O)[n+](C)c1=O.[Cl-]. The van der Waals surface area contributed by atoms with E-state index in [0.717, 1.165) is 0 Å². The summed E-state index contributed by atoms with van der Waals surface area (Å²) in [5.41, 5.74) is 1.92. The number of benzene rings is 2. The fourth-order valence-electron chi connectivity index (χ4n) is 2.81. The molecular weight excluding hydrogens is 408 g/mol. The Labute approximate surface area is 179 Å². The zero-order chi connectivity index (χ0) is 21.1. The van der Waals surface area contributed by atoms with Gasteiger partial charge in [0.05, 0.1) is 14.1 Å². The number of phenolic OH excluding ortho intramolecular Hbond substituents is 4. The molecule has 3 aromatic rings. The summed E-state index contributed by atoms with van der Waals surface area (Å²) in [7, 11) is 3.27. The summed E-state index contributed by atoms with van der Waals surface area (Å²) < 4.78 is 2.92. The predicted molar refractivity (Wildman–Crippen MR) is 110 cm³/mol. The van der Waals surface area contributed by atoms with Crippen LogP contribution < -0.4 is 22.7 Å². The second kappa shape index (κ2) is 9.19. The summed E-state index contributed by atoms with van der Waals surface area (Å²) in [5.74, 6) is -0.223. The third kappa shape index (κ3) is 4.82. The van der Waals surface area contributed by atoms with Crippen molar-refractivity contribution < 1.29 is 37.4 Å². The fourth-order valence-corrected chi connectivity index (χ4v) is 2.81. The molecule has 0 saturated heterocycles. The Morgan fingerprint density at radius 3 is 1.80 bits per heavy atom. The van der Waals surface area contributed by atoms with Crippen molar-refractivity contribution in [2.75, 3.05) is 0 Å². The minimum atomic E-state index is -0.253. The molecule has 0 radical (unpaired) electrons. The van der Waals surface area contributed by atoms with Crippen molar-refractivity contribution in [2.45, 2.75) is 0 Å². The van der Waals surface area contributed by atoms with Crippen LogP contribution in [0.2, 0.25) is 0 Å². The maximum atomic E-state index is 12.5. The first kappa shape index (κ1) is 22.6. The van der Waals surface area contributed by atoms with Crippen LogP contribution in [0.5, 0.6) is 23.0 Å². The molecule has 0 aliphatic heterocycles. The first-order valence-corrected chi connectivity index (χ1v) is 8.76. The van der Waals surface area contributed by atoms with Gasteiger partial charge < -0.3 is 32.8 Å². The van der Waals surface area contributed by atoms with Crippen molar-refractivity contribution in [1.82, 2.24) is 4.57 Å². The highest BCUT2D eigenvalue weighted by Gasteiger charge is 2.13. The van der Waals surface area contributed by atoms with E-state index in [9.17, 15) is 25.2 Å². The van der Waals surface area contributed by atoms with Crippen LogP contribution in [0.4, 0.5) is 0 Å². The van der Waals surface area contributed by atoms with Gasteiger partial charge in [-0.05, 0) is 48.6 Å². The molecule has 1 heterocycles. The lowest BCUT2D eigenvalue weighted by Crippen LogP contribution is -3.00.